The van der Waals surface area contributed by atoms with E-state index in [4.69, 9.17) is 5.73 Å². The standard InChI is InChI=1S/C7H14N2O4/c1-9-7(11)13-5-3-2-4-12-6(8)10/h2-5H2,1H3,(H2,8,10)(H,9,11). The molecule has 0 aromatic rings. The molecule has 0 saturated heterocycles. The van der Waals surface area contributed by atoms with Gasteiger partial charge in [-0.15, -0.1) is 0 Å². The van der Waals surface area contributed by atoms with Gasteiger partial charge in [0.1, 0.15) is 0 Å². The van der Waals surface area contributed by atoms with E-state index in [0.29, 0.717) is 19.4 Å². The van der Waals surface area contributed by atoms with Gasteiger partial charge in [0.25, 0.3) is 0 Å². The highest BCUT2D eigenvalue weighted by molar-refractivity contribution is 5.66. The number of rotatable bonds is 5. The Kier molecular flexibility index (Phi) is 6.39. The molecule has 0 aliphatic carbocycles. The molecule has 0 heterocycles. The molecule has 0 spiro atoms. The number of hydrogen-bond acceptors (Lipinski definition) is 4. The van der Waals surface area contributed by atoms with Crippen molar-refractivity contribution in [3.63, 3.8) is 0 Å². The summed E-state index contributed by atoms with van der Waals surface area (Å²) in [6, 6.07) is 0. The second-order valence-corrected chi connectivity index (χ2v) is 2.26. The van der Waals surface area contributed by atoms with Gasteiger partial charge in [0.05, 0.1) is 13.2 Å². The van der Waals surface area contributed by atoms with Crippen LogP contribution in [0, 0.1) is 0 Å². The number of ether oxygens (including phenoxy) is 2. The largest absolute Gasteiger partial charge is 0.450 e. The molecule has 0 unspecified atom stereocenters. The van der Waals surface area contributed by atoms with Crippen molar-refractivity contribution in [2.24, 2.45) is 5.73 Å². The third kappa shape index (κ3) is 8.45. The van der Waals surface area contributed by atoms with Gasteiger partial charge in [-0.25, -0.2) is 9.59 Å². The van der Waals surface area contributed by atoms with Crippen LogP contribution in [-0.2, 0) is 9.47 Å². The topological polar surface area (TPSA) is 90.7 Å². The van der Waals surface area contributed by atoms with Crippen molar-refractivity contribution < 1.29 is 19.1 Å². The molecule has 3 N–H and O–H groups in total. The minimum Gasteiger partial charge on any atom is -0.450 e. The summed E-state index contributed by atoms with van der Waals surface area (Å²) in [6.07, 6.45) is 0.0173. The van der Waals surface area contributed by atoms with Crippen molar-refractivity contribution in [3.8, 4) is 0 Å². The van der Waals surface area contributed by atoms with Crippen LogP contribution in [0.25, 0.3) is 0 Å². The third-order valence-electron chi connectivity index (χ3n) is 1.22. The van der Waals surface area contributed by atoms with E-state index >= 15 is 0 Å². The maximum absolute atomic E-state index is 10.5. The number of carbonyl (C=O) groups excluding carboxylic acids is 2. The molecule has 0 aliphatic rings. The SMILES string of the molecule is CNC(=O)OCCCCOC(N)=O. The minimum atomic E-state index is -0.785. The van der Waals surface area contributed by atoms with Gasteiger partial charge in [0.15, 0.2) is 0 Å². The Balaban J connectivity index is 3.08. The molecule has 0 rings (SSSR count). The van der Waals surface area contributed by atoms with E-state index in [1.54, 1.807) is 0 Å². The van der Waals surface area contributed by atoms with E-state index in [-0.39, 0.29) is 6.61 Å². The Hall–Kier alpha value is -1.46. The molecule has 0 radical (unpaired) electrons. The van der Waals surface area contributed by atoms with Crippen molar-refractivity contribution in [2.45, 2.75) is 12.8 Å². The Bertz CT molecular complexity index is 172. The minimum absolute atomic E-state index is 0.256. The normalized spacial score (nSPS) is 9.00. The maximum atomic E-state index is 10.5. The molecule has 0 aromatic carbocycles. The smallest absolute Gasteiger partial charge is 0.406 e. The maximum Gasteiger partial charge on any atom is 0.406 e. The summed E-state index contributed by atoms with van der Waals surface area (Å²) in [4.78, 5) is 20.6. The lowest BCUT2D eigenvalue weighted by Gasteiger charge is -2.03. The van der Waals surface area contributed by atoms with Crippen LogP contribution in [-0.4, -0.2) is 32.4 Å². The van der Waals surface area contributed by atoms with Crippen LogP contribution in [0.3, 0.4) is 0 Å². The van der Waals surface area contributed by atoms with Crippen molar-refractivity contribution >= 4 is 12.2 Å². The number of alkyl carbamates (subject to hydrolysis) is 1. The van der Waals surface area contributed by atoms with Crippen LogP contribution in [0.1, 0.15) is 12.8 Å². The van der Waals surface area contributed by atoms with Gasteiger partial charge in [0, 0.05) is 7.05 Å². The first-order valence-electron chi connectivity index (χ1n) is 3.93. The van der Waals surface area contributed by atoms with Crippen LogP contribution in [0.15, 0.2) is 0 Å². The summed E-state index contributed by atoms with van der Waals surface area (Å²) in [7, 11) is 1.48. The molecular formula is C7H14N2O4. The molecule has 2 amide bonds. The van der Waals surface area contributed by atoms with Gasteiger partial charge in [-0.05, 0) is 12.8 Å². The highest BCUT2D eigenvalue weighted by Gasteiger charge is 1.97. The number of carbonyl (C=O) groups is 2. The lowest BCUT2D eigenvalue weighted by molar-refractivity contribution is 0.134. The fourth-order valence-corrected chi connectivity index (χ4v) is 0.614. The summed E-state index contributed by atoms with van der Waals surface area (Å²) in [5, 5.41) is 2.31. The number of hydrogen-bond donors (Lipinski definition) is 2. The van der Waals surface area contributed by atoms with Crippen LogP contribution in [0.4, 0.5) is 9.59 Å². The van der Waals surface area contributed by atoms with Gasteiger partial charge in [-0.3, -0.25) is 0 Å². The van der Waals surface area contributed by atoms with E-state index in [1.807, 2.05) is 0 Å². The van der Waals surface area contributed by atoms with Crippen LogP contribution >= 0.6 is 0 Å². The Morgan fingerprint density at radius 2 is 1.77 bits per heavy atom. The van der Waals surface area contributed by atoms with Crippen LogP contribution in [0.2, 0.25) is 0 Å². The molecular weight excluding hydrogens is 176 g/mol. The molecule has 13 heavy (non-hydrogen) atoms. The van der Waals surface area contributed by atoms with E-state index in [1.165, 1.54) is 7.05 Å². The van der Waals surface area contributed by atoms with Gasteiger partial charge < -0.3 is 20.5 Å². The molecule has 0 atom stereocenters. The second kappa shape index (κ2) is 7.20. The van der Waals surface area contributed by atoms with Gasteiger partial charge in [-0.2, -0.15) is 0 Å². The Labute approximate surface area is 76.4 Å². The summed E-state index contributed by atoms with van der Waals surface area (Å²) in [5.74, 6) is 0. The number of unbranched alkanes of at least 4 members (excludes halogenated alkanes) is 1. The fourth-order valence-electron chi connectivity index (χ4n) is 0.614. The van der Waals surface area contributed by atoms with E-state index in [9.17, 15) is 9.59 Å². The highest BCUT2D eigenvalue weighted by atomic mass is 16.6. The van der Waals surface area contributed by atoms with Crippen molar-refractivity contribution in [1.82, 2.24) is 5.32 Å². The van der Waals surface area contributed by atoms with E-state index in [2.05, 4.69) is 14.8 Å². The fraction of sp³-hybridized carbons (Fsp3) is 0.714. The molecule has 6 heteroatoms. The predicted octanol–water partition coefficient (Wildman–Crippen LogP) is 0.218. The monoisotopic (exact) mass is 190 g/mol. The zero-order chi connectivity index (χ0) is 10.1. The molecule has 0 bridgehead atoms. The quantitative estimate of drug-likeness (QED) is 0.606. The first kappa shape index (κ1) is 11.5. The lowest BCUT2D eigenvalue weighted by atomic mass is 10.3. The summed E-state index contributed by atoms with van der Waals surface area (Å²) >= 11 is 0. The van der Waals surface area contributed by atoms with Crippen molar-refractivity contribution in [3.05, 3.63) is 0 Å². The Morgan fingerprint density at radius 3 is 2.23 bits per heavy atom. The summed E-state index contributed by atoms with van der Waals surface area (Å²) in [6.45, 7) is 0.564. The third-order valence-corrected chi connectivity index (χ3v) is 1.22. The molecule has 76 valence electrons. The van der Waals surface area contributed by atoms with Crippen molar-refractivity contribution in [1.29, 1.82) is 0 Å². The van der Waals surface area contributed by atoms with Gasteiger partial charge in [0.2, 0.25) is 0 Å². The molecule has 6 nitrogen and oxygen atoms in total. The molecule has 0 aromatic heterocycles. The second-order valence-electron chi connectivity index (χ2n) is 2.26. The van der Waals surface area contributed by atoms with Crippen LogP contribution in [0.5, 0.6) is 0 Å². The molecule has 0 saturated carbocycles. The average Bonchev–Trinajstić information content (AvgIpc) is 2.10. The highest BCUT2D eigenvalue weighted by Crippen LogP contribution is 1.91. The van der Waals surface area contributed by atoms with Gasteiger partial charge >= 0.3 is 12.2 Å². The molecule has 0 aliphatic heterocycles. The van der Waals surface area contributed by atoms with E-state index < -0.39 is 12.2 Å². The first-order chi connectivity index (χ1) is 6.16. The zero-order valence-corrected chi connectivity index (χ0v) is 7.54. The average molecular weight is 190 g/mol. The number of primary amides is 1. The van der Waals surface area contributed by atoms with E-state index in [0.717, 1.165) is 0 Å². The molecule has 0 fully saturated rings. The van der Waals surface area contributed by atoms with Gasteiger partial charge in [-0.1, -0.05) is 0 Å². The zero-order valence-electron chi connectivity index (χ0n) is 7.54. The van der Waals surface area contributed by atoms with Crippen molar-refractivity contribution in [2.75, 3.05) is 20.3 Å². The number of nitrogens with one attached hydrogen (secondary N) is 1. The Morgan fingerprint density at radius 1 is 1.23 bits per heavy atom. The predicted molar refractivity (Wildman–Crippen MR) is 45.2 cm³/mol. The number of amides is 2. The lowest BCUT2D eigenvalue weighted by Crippen LogP contribution is -2.20. The summed E-state index contributed by atoms with van der Waals surface area (Å²) in [5.41, 5.74) is 4.72. The number of nitrogens with two attached hydrogens (primary N) is 1. The first-order valence-corrected chi connectivity index (χ1v) is 3.93. The summed E-state index contributed by atoms with van der Waals surface area (Å²) < 4.78 is 9.13. The van der Waals surface area contributed by atoms with Crippen LogP contribution < -0.4 is 11.1 Å².